The van der Waals surface area contributed by atoms with Gasteiger partial charge >= 0.3 is 0 Å². The molecule has 0 aliphatic heterocycles. The first-order valence-corrected chi connectivity index (χ1v) is 7.05. The summed E-state index contributed by atoms with van der Waals surface area (Å²) in [6.07, 6.45) is 0. The van der Waals surface area contributed by atoms with Gasteiger partial charge in [0, 0.05) is 15.2 Å². The summed E-state index contributed by atoms with van der Waals surface area (Å²) < 4.78 is 0.796. The lowest BCUT2D eigenvalue weighted by Crippen LogP contribution is -2.13. The topological polar surface area (TPSA) is 29.1 Å². The Hall–Kier alpha value is -1.03. The highest BCUT2D eigenvalue weighted by Crippen LogP contribution is 2.24. The average molecular weight is 359 g/mol. The molecule has 0 aliphatic rings. The molecule has 0 unspecified atom stereocenters. The second-order valence-corrected chi connectivity index (χ2v) is 5.80. The predicted octanol–water partition coefficient (Wildman–Crippen LogP) is 5.32. The van der Waals surface area contributed by atoms with Crippen LogP contribution in [0.25, 0.3) is 0 Å². The molecule has 0 spiro atoms. The number of hydrogen-bond acceptors (Lipinski definition) is 1. The van der Waals surface area contributed by atoms with Crippen molar-refractivity contribution in [1.82, 2.24) is 0 Å². The van der Waals surface area contributed by atoms with Gasteiger partial charge in [0.05, 0.1) is 10.6 Å². The van der Waals surface area contributed by atoms with Gasteiger partial charge in [0.15, 0.2) is 0 Å². The third-order valence-corrected chi connectivity index (χ3v) is 3.68. The Balaban J connectivity index is 2.30. The zero-order chi connectivity index (χ0) is 14.0. The zero-order valence-corrected chi connectivity index (χ0v) is 13.1. The highest BCUT2D eigenvalue weighted by atomic mass is 79.9. The minimum Gasteiger partial charge on any atom is -0.322 e. The summed E-state index contributed by atoms with van der Waals surface area (Å²) >= 11 is 15.3. The lowest BCUT2D eigenvalue weighted by Gasteiger charge is -2.10. The first-order chi connectivity index (χ1) is 8.97. The van der Waals surface area contributed by atoms with Gasteiger partial charge in [0.1, 0.15) is 0 Å². The smallest absolute Gasteiger partial charge is 0.257 e. The molecule has 0 radical (unpaired) electrons. The van der Waals surface area contributed by atoms with Crippen molar-refractivity contribution in [3.05, 3.63) is 62.0 Å². The molecule has 0 bridgehead atoms. The Morgan fingerprint density at radius 1 is 1.16 bits per heavy atom. The van der Waals surface area contributed by atoms with Crippen LogP contribution >= 0.6 is 39.1 Å². The lowest BCUT2D eigenvalue weighted by atomic mass is 10.1. The average Bonchev–Trinajstić information content (AvgIpc) is 2.36. The molecule has 1 amide bonds. The van der Waals surface area contributed by atoms with Gasteiger partial charge in [-0.2, -0.15) is 0 Å². The van der Waals surface area contributed by atoms with E-state index in [-0.39, 0.29) is 5.91 Å². The van der Waals surface area contributed by atoms with Crippen LogP contribution < -0.4 is 5.32 Å². The Labute approximate surface area is 129 Å². The minimum atomic E-state index is -0.267. The number of halogens is 3. The van der Waals surface area contributed by atoms with E-state index < -0.39 is 0 Å². The SMILES string of the molecule is Cc1ccc(Cl)cc1NC(=O)c1cc(Br)ccc1Cl. The summed E-state index contributed by atoms with van der Waals surface area (Å²) in [7, 11) is 0. The van der Waals surface area contributed by atoms with Gasteiger partial charge in [-0.1, -0.05) is 45.2 Å². The second-order valence-electron chi connectivity index (χ2n) is 4.04. The molecule has 2 rings (SSSR count). The summed E-state index contributed by atoms with van der Waals surface area (Å²) in [5, 5.41) is 3.78. The number of hydrogen-bond donors (Lipinski definition) is 1. The number of amides is 1. The van der Waals surface area contributed by atoms with Crippen LogP contribution in [0.5, 0.6) is 0 Å². The summed E-state index contributed by atoms with van der Waals surface area (Å²) in [5.41, 5.74) is 2.02. The van der Waals surface area contributed by atoms with Gasteiger partial charge < -0.3 is 5.32 Å². The van der Waals surface area contributed by atoms with E-state index in [0.717, 1.165) is 10.0 Å². The van der Waals surface area contributed by atoms with Gasteiger partial charge in [-0.05, 0) is 42.8 Å². The van der Waals surface area contributed by atoms with E-state index in [2.05, 4.69) is 21.2 Å². The molecule has 0 aromatic heterocycles. The Bertz CT molecular complexity index is 643. The van der Waals surface area contributed by atoms with Crippen LogP contribution in [-0.4, -0.2) is 5.91 Å². The molecule has 0 atom stereocenters. The fourth-order valence-electron chi connectivity index (χ4n) is 1.59. The zero-order valence-electron chi connectivity index (χ0n) is 10.0. The molecule has 98 valence electrons. The van der Waals surface area contributed by atoms with Crippen LogP contribution in [0.2, 0.25) is 10.0 Å². The highest BCUT2D eigenvalue weighted by molar-refractivity contribution is 9.10. The quantitative estimate of drug-likeness (QED) is 0.773. The summed E-state index contributed by atoms with van der Waals surface area (Å²) in [4.78, 5) is 12.2. The van der Waals surface area contributed by atoms with Gasteiger partial charge in [-0.25, -0.2) is 0 Å². The molecule has 1 N–H and O–H groups in total. The van der Waals surface area contributed by atoms with Crippen molar-refractivity contribution >= 4 is 50.7 Å². The molecular formula is C14H10BrCl2NO. The molecular weight excluding hydrogens is 349 g/mol. The van der Waals surface area contributed by atoms with Crippen LogP contribution in [0, 0.1) is 6.92 Å². The fraction of sp³-hybridized carbons (Fsp3) is 0.0714. The van der Waals surface area contributed by atoms with E-state index in [1.807, 2.05) is 13.0 Å². The third-order valence-electron chi connectivity index (χ3n) is 2.62. The van der Waals surface area contributed by atoms with Gasteiger partial charge in [-0.15, -0.1) is 0 Å². The maximum Gasteiger partial charge on any atom is 0.257 e. The van der Waals surface area contributed by atoms with Crippen molar-refractivity contribution in [2.45, 2.75) is 6.92 Å². The summed E-state index contributed by atoms with van der Waals surface area (Å²) in [5.74, 6) is -0.267. The van der Waals surface area contributed by atoms with Crippen LogP contribution in [0.4, 0.5) is 5.69 Å². The number of benzene rings is 2. The Morgan fingerprint density at radius 2 is 1.89 bits per heavy atom. The standard InChI is InChI=1S/C14H10BrCl2NO/c1-8-2-4-10(16)7-13(8)18-14(19)11-6-9(15)3-5-12(11)17/h2-7H,1H3,(H,18,19). The molecule has 2 nitrogen and oxygen atoms in total. The minimum absolute atomic E-state index is 0.267. The normalized spacial score (nSPS) is 10.3. The van der Waals surface area contributed by atoms with Gasteiger partial charge in [0.25, 0.3) is 5.91 Å². The third kappa shape index (κ3) is 3.50. The van der Waals surface area contributed by atoms with Crippen molar-refractivity contribution in [3.63, 3.8) is 0 Å². The van der Waals surface area contributed by atoms with Crippen LogP contribution in [0.15, 0.2) is 40.9 Å². The van der Waals surface area contributed by atoms with Crippen LogP contribution in [0.3, 0.4) is 0 Å². The van der Waals surface area contributed by atoms with E-state index in [0.29, 0.717) is 21.3 Å². The lowest BCUT2D eigenvalue weighted by molar-refractivity contribution is 0.102. The van der Waals surface area contributed by atoms with Crippen molar-refractivity contribution in [1.29, 1.82) is 0 Å². The number of aryl methyl sites for hydroxylation is 1. The number of anilines is 1. The predicted molar refractivity (Wildman–Crippen MR) is 83.3 cm³/mol. The van der Waals surface area contributed by atoms with Crippen LogP contribution in [-0.2, 0) is 0 Å². The van der Waals surface area contributed by atoms with Crippen LogP contribution in [0.1, 0.15) is 15.9 Å². The van der Waals surface area contributed by atoms with E-state index in [4.69, 9.17) is 23.2 Å². The Kier molecular flexibility index (Phi) is 4.50. The van der Waals surface area contributed by atoms with E-state index in [1.54, 1.807) is 30.3 Å². The monoisotopic (exact) mass is 357 g/mol. The molecule has 19 heavy (non-hydrogen) atoms. The van der Waals surface area contributed by atoms with E-state index in [1.165, 1.54) is 0 Å². The molecule has 0 fully saturated rings. The van der Waals surface area contributed by atoms with Gasteiger partial charge in [-0.3, -0.25) is 4.79 Å². The molecule has 5 heteroatoms. The number of nitrogens with one attached hydrogen (secondary N) is 1. The van der Waals surface area contributed by atoms with E-state index in [9.17, 15) is 4.79 Å². The maximum atomic E-state index is 12.2. The summed E-state index contributed by atoms with van der Waals surface area (Å²) in [6, 6.07) is 10.5. The maximum absolute atomic E-state index is 12.2. The number of rotatable bonds is 2. The number of carbonyl (C=O) groups is 1. The summed E-state index contributed by atoms with van der Waals surface area (Å²) in [6.45, 7) is 1.90. The molecule has 0 aliphatic carbocycles. The molecule has 0 saturated carbocycles. The first kappa shape index (κ1) is 14.4. The molecule has 0 heterocycles. The molecule has 2 aromatic rings. The second kappa shape index (κ2) is 5.95. The number of carbonyl (C=O) groups excluding carboxylic acids is 1. The first-order valence-electron chi connectivity index (χ1n) is 5.50. The molecule has 2 aromatic carbocycles. The van der Waals surface area contributed by atoms with Gasteiger partial charge in [0.2, 0.25) is 0 Å². The van der Waals surface area contributed by atoms with Crippen molar-refractivity contribution < 1.29 is 4.79 Å². The van der Waals surface area contributed by atoms with Crippen molar-refractivity contribution in [2.75, 3.05) is 5.32 Å². The fourth-order valence-corrected chi connectivity index (χ4v) is 2.33. The van der Waals surface area contributed by atoms with Crippen molar-refractivity contribution in [2.24, 2.45) is 0 Å². The highest BCUT2D eigenvalue weighted by Gasteiger charge is 2.12. The van der Waals surface area contributed by atoms with E-state index >= 15 is 0 Å². The Morgan fingerprint density at radius 3 is 2.63 bits per heavy atom. The molecule has 0 saturated heterocycles. The van der Waals surface area contributed by atoms with Crippen molar-refractivity contribution in [3.8, 4) is 0 Å². The largest absolute Gasteiger partial charge is 0.322 e.